The van der Waals surface area contributed by atoms with Crippen molar-refractivity contribution in [2.45, 2.75) is 33.4 Å². The Bertz CT molecular complexity index is 1110. The zero-order chi connectivity index (χ0) is 21.3. The quantitative estimate of drug-likeness (QED) is 0.801. The molecule has 2 aromatic heterocycles. The van der Waals surface area contributed by atoms with Crippen LogP contribution < -0.4 is 15.6 Å². The van der Waals surface area contributed by atoms with Gasteiger partial charge in [-0.05, 0) is 32.4 Å². The predicted molar refractivity (Wildman–Crippen MR) is 105 cm³/mol. The highest BCUT2D eigenvalue weighted by molar-refractivity contribution is 6.31. The van der Waals surface area contributed by atoms with Crippen LogP contribution in [0.1, 0.15) is 25.2 Å². The molecule has 6 nitrogen and oxygen atoms in total. The van der Waals surface area contributed by atoms with Crippen molar-refractivity contribution in [1.29, 1.82) is 0 Å². The Kier molecular flexibility index (Phi) is 5.83. The summed E-state index contributed by atoms with van der Waals surface area (Å²) in [5, 5.41) is 2.75. The third-order valence-electron chi connectivity index (χ3n) is 4.44. The highest BCUT2D eigenvalue weighted by Crippen LogP contribution is 2.27. The van der Waals surface area contributed by atoms with E-state index in [1.165, 1.54) is 17.6 Å². The van der Waals surface area contributed by atoms with Crippen LogP contribution in [0.25, 0.3) is 5.70 Å². The highest BCUT2D eigenvalue weighted by atomic mass is 35.5. The molecule has 1 unspecified atom stereocenters. The third-order valence-corrected chi connectivity index (χ3v) is 4.78. The summed E-state index contributed by atoms with van der Waals surface area (Å²) in [5.74, 6) is -1.71. The van der Waals surface area contributed by atoms with Gasteiger partial charge in [-0.1, -0.05) is 11.6 Å². The molecule has 1 atom stereocenters. The van der Waals surface area contributed by atoms with Gasteiger partial charge in [-0.15, -0.1) is 0 Å². The van der Waals surface area contributed by atoms with Crippen LogP contribution in [0.3, 0.4) is 0 Å². The first-order chi connectivity index (χ1) is 13.7. The summed E-state index contributed by atoms with van der Waals surface area (Å²) in [6.07, 6.45) is 4.19. The van der Waals surface area contributed by atoms with E-state index in [9.17, 15) is 18.4 Å². The van der Waals surface area contributed by atoms with Crippen molar-refractivity contribution in [2.75, 3.05) is 0 Å². The van der Waals surface area contributed by atoms with E-state index in [4.69, 9.17) is 16.3 Å². The maximum atomic E-state index is 13.7. The number of aromatic nitrogens is 2. The number of carbonyl (C=O) groups excluding carboxylic acids is 1. The number of ether oxygens (including phenoxy) is 1. The van der Waals surface area contributed by atoms with Crippen LogP contribution in [0.5, 0.6) is 5.75 Å². The maximum Gasteiger partial charge on any atom is 0.277 e. The lowest BCUT2D eigenvalue weighted by molar-refractivity contribution is -0.117. The molecule has 0 radical (unpaired) electrons. The molecule has 3 heterocycles. The van der Waals surface area contributed by atoms with Gasteiger partial charge < -0.3 is 10.1 Å². The molecule has 1 aliphatic heterocycles. The van der Waals surface area contributed by atoms with E-state index < -0.39 is 23.2 Å². The van der Waals surface area contributed by atoms with Gasteiger partial charge in [-0.3, -0.25) is 19.1 Å². The lowest BCUT2D eigenvalue weighted by Crippen LogP contribution is -2.35. The minimum Gasteiger partial charge on any atom is -0.485 e. The summed E-state index contributed by atoms with van der Waals surface area (Å²) in [6, 6.07) is 1.67. The Labute approximate surface area is 170 Å². The topological polar surface area (TPSA) is 73.2 Å². The number of hydrogen-bond acceptors (Lipinski definition) is 5. The van der Waals surface area contributed by atoms with Gasteiger partial charge in [0.1, 0.15) is 34.9 Å². The molecule has 0 fully saturated rings. The zero-order valence-electron chi connectivity index (χ0n) is 15.9. The minimum atomic E-state index is -0.859. The molecule has 29 heavy (non-hydrogen) atoms. The van der Waals surface area contributed by atoms with Crippen molar-refractivity contribution in [3.63, 3.8) is 0 Å². The molecule has 1 N–H and O–H groups in total. The Morgan fingerprint density at radius 3 is 2.72 bits per heavy atom. The largest absolute Gasteiger partial charge is 0.485 e. The second-order valence-corrected chi connectivity index (χ2v) is 6.99. The molecular weight excluding hydrogens is 404 g/mol. The molecule has 2 aromatic rings. The first-order valence-electron chi connectivity index (χ1n) is 8.69. The number of nitrogens with zero attached hydrogens (tertiary/aromatic N) is 2. The fourth-order valence-electron chi connectivity index (χ4n) is 2.89. The minimum absolute atomic E-state index is 0.0511. The average Bonchev–Trinajstić information content (AvgIpc) is 2.66. The van der Waals surface area contributed by atoms with Gasteiger partial charge in [0.25, 0.3) is 5.56 Å². The number of aryl methyl sites for hydroxylation is 1. The Morgan fingerprint density at radius 1 is 1.34 bits per heavy atom. The Balaban J connectivity index is 1.95. The number of allylic oxidation sites excluding steroid dienone is 2. The van der Waals surface area contributed by atoms with Crippen LogP contribution in [0, 0.1) is 18.6 Å². The molecule has 0 spiro atoms. The summed E-state index contributed by atoms with van der Waals surface area (Å²) < 4.78 is 33.5. The smallest absolute Gasteiger partial charge is 0.277 e. The number of pyridine rings is 2. The molecule has 0 aromatic carbocycles. The standard InChI is InChI=1S/C20H18ClF2N3O3/c1-10-7-24-15(12(3)27)6-17(10)26-11(2)4-18(19(21)20(26)28)29-9-16-14(23)5-13(22)8-25-16/h4-8,15,24H,9H2,1-3H3. The number of halogens is 3. The number of Topliss-reactive ketones (excluding diaryl/α,β-unsaturated/α-hetero) is 1. The summed E-state index contributed by atoms with van der Waals surface area (Å²) in [4.78, 5) is 28.2. The van der Waals surface area contributed by atoms with Crippen LogP contribution >= 0.6 is 11.6 Å². The molecule has 1 aliphatic rings. The van der Waals surface area contributed by atoms with Crippen molar-refractivity contribution in [3.05, 3.63) is 74.6 Å². The van der Waals surface area contributed by atoms with Gasteiger partial charge >= 0.3 is 0 Å². The Morgan fingerprint density at radius 2 is 2.07 bits per heavy atom. The van der Waals surface area contributed by atoms with Crippen LogP contribution in [0.4, 0.5) is 8.78 Å². The van der Waals surface area contributed by atoms with Crippen molar-refractivity contribution in [1.82, 2.24) is 14.9 Å². The highest BCUT2D eigenvalue weighted by Gasteiger charge is 2.22. The monoisotopic (exact) mass is 421 g/mol. The van der Waals surface area contributed by atoms with Crippen LogP contribution in [0.15, 0.2) is 41.0 Å². The van der Waals surface area contributed by atoms with Crippen LogP contribution in [0.2, 0.25) is 5.02 Å². The van der Waals surface area contributed by atoms with Gasteiger partial charge in [-0.2, -0.15) is 0 Å². The fraction of sp³-hybridized carbons (Fsp3) is 0.250. The molecule has 152 valence electrons. The average molecular weight is 422 g/mol. The molecule has 9 heteroatoms. The number of nitrogens with one attached hydrogen (secondary N) is 1. The van der Waals surface area contributed by atoms with Crippen molar-refractivity contribution in [3.8, 4) is 5.75 Å². The van der Waals surface area contributed by atoms with E-state index >= 15 is 0 Å². The number of ketones is 1. The van der Waals surface area contributed by atoms with Crippen molar-refractivity contribution >= 4 is 23.1 Å². The maximum absolute atomic E-state index is 13.7. The summed E-state index contributed by atoms with van der Waals surface area (Å²) in [5.41, 5.74) is 1.12. The van der Waals surface area contributed by atoms with Crippen LogP contribution in [-0.4, -0.2) is 21.4 Å². The fourth-order valence-corrected chi connectivity index (χ4v) is 3.09. The zero-order valence-corrected chi connectivity index (χ0v) is 16.7. The normalized spacial score (nSPS) is 16.0. The Hall–Kier alpha value is -3.00. The molecule has 0 saturated carbocycles. The second-order valence-electron chi connectivity index (χ2n) is 6.61. The van der Waals surface area contributed by atoms with Gasteiger partial charge in [-0.25, -0.2) is 8.78 Å². The van der Waals surface area contributed by atoms with E-state index in [0.717, 1.165) is 11.8 Å². The first kappa shape index (κ1) is 20.7. The lowest BCUT2D eigenvalue weighted by Gasteiger charge is -2.23. The third kappa shape index (κ3) is 4.22. The molecule has 3 rings (SSSR count). The summed E-state index contributed by atoms with van der Waals surface area (Å²) in [6.45, 7) is 4.59. The van der Waals surface area contributed by atoms with E-state index in [1.54, 1.807) is 26.1 Å². The molecule has 0 amide bonds. The van der Waals surface area contributed by atoms with Crippen molar-refractivity contribution < 1.29 is 18.3 Å². The van der Waals surface area contributed by atoms with Crippen LogP contribution in [-0.2, 0) is 11.4 Å². The van der Waals surface area contributed by atoms with Crippen molar-refractivity contribution in [2.24, 2.45) is 0 Å². The van der Waals surface area contributed by atoms with E-state index in [2.05, 4.69) is 10.3 Å². The molecule has 0 bridgehead atoms. The predicted octanol–water partition coefficient (Wildman–Crippen LogP) is 3.37. The number of hydrogen-bond donors (Lipinski definition) is 1. The first-order valence-corrected chi connectivity index (χ1v) is 9.07. The number of rotatable bonds is 5. The van der Waals surface area contributed by atoms with Gasteiger partial charge in [0.2, 0.25) is 0 Å². The number of dihydropyridines is 1. The lowest BCUT2D eigenvalue weighted by atomic mass is 10.0. The SMILES string of the molecule is CC(=O)C1C=C(n2c(C)cc(OCc3ncc(F)cc3F)c(Cl)c2=O)C(C)=CN1. The summed E-state index contributed by atoms with van der Waals surface area (Å²) >= 11 is 6.21. The summed E-state index contributed by atoms with van der Waals surface area (Å²) in [7, 11) is 0. The molecular formula is C20H18ClF2N3O3. The van der Waals surface area contributed by atoms with Gasteiger partial charge in [0.15, 0.2) is 11.6 Å². The van der Waals surface area contributed by atoms with Gasteiger partial charge in [0, 0.05) is 24.0 Å². The molecule has 0 aliphatic carbocycles. The van der Waals surface area contributed by atoms with E-state index in [0.29, 0.717) is 17.5 Å². The van der Waals surface area contributed by atoms with E-state index in [-0.39, 0.29) is 28.9 Å². The molecule has 0 saturated heterocycles. The van der Waals surface area contributed by atoms with E-state index in [1.807, 2.05) is 0 Å². The second kappa shape index (κ2) is 8.16. The number of carbonyl (C=O) groups is 1. The van der Waals surface area contributed by atoms with Gasteiger partial charge in [0.05, 0.1) is 11.9 Å².